The number of ether oxygens (including phenoxy) is 1. The van der Waals surface area contributed by atoms with Crippen LogP contribution in [-0.4, -0.2) is 19.0 Å². The normalized spacial score (nSPS) is 13.6. The molecule has 0 aliphatic heterocycles. The van der Waals surface area contributed by atoms with E-state index in [2.05, 4.69) is 13.8 Å². The molecule has 0 fully saturated rings. The lowest BCUT2D eigenvalue weighted by atomic mass is 9.86. The van der Waals surface area contributed by atoms with Gasteiger partial charge in [0.15, 0.2) is 0 Å². The number of unbranched alkanes of at least 4 members (excludes halogenated alkanes) is 1. The lowest BCUT2D eigenvalue weighted by molar-refractivity contribution is 0.0974. The predicted molar refractivity (Wildman–Crippen MR) is 74.4 cm³/mol. The Hall–Kier alpha value is -0.570. The minimum absolute atomic E-state index is 0.157. The van der Waals surface area contributed by atoms with Crippen molar-refractivity contribution in [2.45, 2.75) is 59.8 Å². The number of nitrogens with two attached hydrogens (primary N) is 1. The molecular weight excluding hydrogens is 212 g/mol. The van der Waals surface area contributed by atoms with E-state index in [4.69, 9.17) is 15.9 Å². The van der Waals surface area contributed by atoms with E-state index in [1.165, 1.54) is 12.8 Å². The molecule has 0 aromatic rings. The second-order valence-corrected chi connectivity index (χ2v) is 5.72. The second-order valence-electron chi connectivity index (χ2n) is 5.72. The summed E-state index contributed by atoms with van der Waals surface area (Å²) >= 11 is 0. The Morgan fingerprint density at radius 1 is 1.35 bits per heavy atom. The molecule has 0 heterocycles. The molecular formula is C14H30N2O. The van der Waals surface area contributed by atoms with Gasteiger partial charge in [-0.3, -0.25) is 5.41 Å². The zero-order chi connectivity index (χ0) is 13.3. The van der Waals surface area contributed by atoms with E-state index in [1.807, 2.05) is 13.8 Å². The molecule has 0 saturated carbocycles. The molecule has 0 radical (unpaired) electrons. The fourth-order valence-electron chi connectivity index (χ4n) is 1.77. The molecule has 17 heavy (non-hydrogen) atoms. The quantitative estimate of drug-likeness (QED) is 0.349. The summed E-state index contributed by atoms with van der Waals surface area (Å²) in [5.74, 6) is 0.962. The van der Waals surface area contributed by atoms with Crippen LogP contribution in [0.3, 0.4) is 0 Å². The number of nitrogens with one attached hydrogen (secondary N) is 1. The van der Waals surface area contributed by atoms with Crippen LogP contribution in [0.25, 0.3) is 0 Å². The first kappa shape index (κ1) is 16.4. The van der Waals surface area contributed by atoms with Gasteiger partial charge in [0.05, 0.1) is 5.84 Å². The Balaban J connectivity index is 3.44. The highest BCUT2D eigenvalue weighted by Crippen LogP contribution is 2.22. The summed E-state index contributed by atoms with van der Waals surface area (Å²) in [6.07, 6.45) is 5.59. The molecule has 3 nitrogen and oxygen atoms in total. The van der Waals surface area contributed by atoms with Gasteiger partial charge in [-0.2, -0.15) is 0 Å². The van der Waals surface area contributed by atoms with Crippen LogP contribution >= 0.6 is 0 Å². The van der Waals surface area contributed by atoms with Crippen molar-refractivity contribution in [3.05, 3.63) is 0 Å². The van der Waals surface area contributed by atoms with Gasteiger partial charge in [-0.15, -0.1) is 0 Å². The maximum Gasteiger partial charge on any atom is 0.0963 e. The number of hydrogen-bond acceptors (Lipinski definition) is 2. The third kappa shape index (κ3) is 8.19. The zero-order valence-corrected chi connectivity index (χ0v) is 12.0. The lowest BCUT2D eigenvalue weighted by Gasteiger charge is -2.22. The molecule has 1 unspecified atom stereocenters. The summed E-state index contributed by atoms with van der Waals surface area (Å²) in [6.45, 7) is 10.2. The molecule has 3 N–H and O–H groups in total. The molecule has 0 aliphatic carbocycles. The molecule has 0 aliphatic rings. The van der Waals surface area contributed by atoms with Crippen molar-refractivity contribution in [1.82, 2.24) is 0 Å². The first-order valence-electron chi connectivity index (χ1n) is 6.82. The molecule has 0 amide bonds. The number of amidine groups is 1. The summed E-state index contributed by atoms with van der Waals surface area (Å²) < 4.78 is 5.64. The van der Waals surface area contributed by atoms with E-state index in [0.29, 0.717) is 5.92 Å². The van der Waals surface area contributed by atoms with E-state index >= 15 is 0 Å². The van der Waals surface area contributed by atoms with Crippen molar-refractivity contribution in [1.29, 1.82) is 5.41 Å². The fraction of sp³-hybridized carbons (Fsp3) is 0.929. The van der Waals surface area contributed by atoms with Crippen molar-refractivity contribution in [2.24, 2.45) is 17.1 Å². The molecule has 3 heteroatoms. The maximum atomic E-state index is 7.46. The average Bonchev–Trinajstić information content (AvgIpc) is 2.23. The molecule has 102 valence electrons. The highest BCUT2D eigenvalue weighted by Gasteiger charge is 2.20. The van der Waals surface area contributed by atoms with Crippen LogP contribution < -0.4 is 5.73 Å². The highest BCUT2D eigenvalue weighted by atomic mass is 16.5. The Morgan fingerprint density at radius 3 is 2.53 bits per heavy atom. The maximum absolute atomic E-state index is 7.46. The van der Waals surface area contributed by atoms with Crippen LogP contribution in [0.5, 0.6) is 0 Å². The molecule has 0 aromatic heterocycles. The van der Waals surface area contributed by atoms with E-state index in [1.54, 1.807) is 0 Å². The second kappa shape index (κ2) is 8.51. The SMILES string of the molecule is CCCC(C)COCCCCC(C)(C)C(=N)N. The standard InChI is InChI=1S/C14H30N2O/c1-5-8-12(2)11-17-10-7-6-9-14(3,4)13(15)16/h12H,5-11H2,1-4H3,(H3,15,16). The van der Waals surface area contributed by atoms with Gasteiger partial charge < -0.3 is 10.5 Å². The first-order chi connectivity index (χ1) is 7.90. The highest BCUT2D eigenvalue weighted by molar-refractivity contribution is 5.82. The fourth-order valence-corrected chi connectivity index (χ4v) is 1.77. The van der Waals surface area contributed by atoms with Crippen LogP contribution in [0.4, 0.5) is 0 Å². The minimum Gasteiger partial charge on any atom is -0.387 e. The van der Waals surface area contributed by atoms with Gasteiger partial charge in [0.1, 0.15) is 0 Å². The van der Waals surface area contributed by atoms with E-state index < -0.39 is 0 Å². The number of hydrogen-bond donors (Lipinski definition) is 2. The van der Waals surface area contributed by atoms with Gasteiger partial charge in [0.25, 0.3) is 0 Å². The van der Waals surface area contributed by atoms with Crippen molar-refractivity contribution in [3.63, 3.8) is 0 Å². The third-order valence-electron chi connectivity index (χ3n) is 3.25. The molecule has 1 atom stereocenters. The largest absolute Gasteiger partial charge is 0.387 e. The summed E-state index contributed by atoms with van der Waals surface area (Å²) in [6, 6.07) is 0. The van der Waals surface area contributed by atoms with Crippen LogP contribution in [0.15, 0.2) is 0 Å². The Bertz CT molecular complexity index is 214. The van der Waals surface area contributed by atoms with Crippen LogP contribution in [0.2, 0.25) is 0 Å². The lowest BCUT2D eigenvalue weighted by Crippen LogP contribution is -2.30. The minimum atomic E-state index is -0.157. The van der Waals surface area contributed by atoms with Gasteiger partial charge in [-0.25, -0.2) is 0 Å². The van der Waals surface area contributed by atoms with E-state index in [0.717, 1.165) is 32.5 Å². The van der Waals surface area contributed by atoms with Gasteiger partial charge in [-0.1, -0.05) is 40.5 Å². The van der Waals surface area contributed by atoms with Gasteiger partial charge in [0, 0.05) is 18.6 Å². The van der Waals surface area contributed by atoms with Crippen LogP contribution in [0, 0.1) is 16.7 Å². The molecule has 0 aromatic carbocycles. The van der Waals surface area contributed by atoms with E-state index in [-0.39, 0.29) is 11.3 Å². The Kier molecular flexibility index (Phi) is 8.23. The third-order valence-corrected chi connectivity index (χ3v) is 3.25. The van der Waals surface area contributed by atoms with Crippen molar-refractivity contribution < 1.29 is 4.74 Å². The molecule has 0 rings (SSSR count). The van der Waals surface area contributed by atoms with Crippen molar-refractivity contribution in [3.8, 4) is 0 Å². The molecule has 0 spiro atoms. The molecule has 0 saturated heterocycles. The van der Waals surface area contributed by atoms with Gasteiger partial charge >= 0.3 is 0 Å². The summed E-state index contributed by atoms with van der Waals surface area (Å²) in [5, 5.41) is 7.46. The average molecular weight is 242 g/mol. The van der Waals surface area contributed by atoms with Crippen LogP contribution in [0.1, 0.15) is 59.8 Å². The summed E-state index contributed by atoms with van der Waals surface area (Å²) in [5.41, 5.74) is 5.38. The predicted octanol–water partition coefficient (Wildman–Crippen LogP) is 3.57. The monoisotopic (exact) mass is 242 g/mol. The Morgan fingerprint density at radius 2 is 2.00 bits per heavy atom. The number of rotatable bonds is 10. The molecule has 0 bridgehead atoms. The summed E-state index contributed by atoms with van der Waals surface area (Å²) in [4.78, 5) is 0. The smallest absolute Gasteiger partial charge is 0.0963 e. The van der Waals surface area contributed by atoms with Crippen molar-refractivity contribution >= 4 is 5.84 Å². The Labute approximate surface area is 107 Å². The van der Waals surface area contributed by atoms with Gasteiger partial charge in [0.2, 0.25) is 0 Å². The van der Waals surface area contributed by atoms with Crippen molar-refractivity contribution in [2.75, 3.05) is 13.2 Å². The van der Waals surface area contributed by atoms with E-state index in [9.17, 15) is 0 Å². The topological polar surface area (TPSA) is 59.1 Å². The van der Waals surface area contributed by atoms with Crippen LogP contribution in [-0.2, 0) is 4.74 Å². The first-order valence-corrected chi connectivity index (χ1v) is 6.82. The zero-order valence-electron chi connectivity index (χ0n) is 12.0. The van der Waals surface area contributed by atoms with Gasteiger partial charge in [-0.05, 0) is 25.2 Å². The summed E-state index contributed by atoms with van der Waals surface area (Å²) in [7, 11) is 0.